The van der Waals surface area contributed by atoms with E-state index in [1.807, 2.05) is 19.9 Å². The van der Waals surface area contributed by atoms with Gasteiger partial charge in [-0.3, -0.25) is 0 Å². The van der Waals surface area contributed by atoms with Crippen molar-refractivity contribution in [3.8, 4) is 16.2 Å². The molecule has 0 fully saturated rings. The molecule has 1 heterocycles. The van der Waals surface area contributed by atoms with Gasteiger partial charge < -0.3 is 24.4 Å². The van der Waals surface area contributed by atoms with Gasteiger partial charge in [0.1, 0.15) is 5.60 Å². The number of hydrogen-bond acceptors (Lipinski definition) is 7. The average molecular weight is 541 g/mol. The number of anilines is 1. The van der Waals surface area contributed by atoms with Crippen molar-refractivity contribution in [1.82, 2.24) is 4.90 Å². The third kappa shape index (κ3) is 7.20. The summed E-state index contributed by atoms with van der Waals surface area (Å²) in [4.78, 5) is 39.4. The summed E-state index contributed by atoms with van der Waals surface area (Å²) in [6.07, 6.45) is 0. The van der Waals surface area contributed by atoms with Crippen LogP contribution in [0.15, 0.2) is 28.7 Å². The summed E-state index contributed by atoms with van der Waals surface area (Å²) in [7, 11) is 1.27. The number of urea groups is 1. The number of nitrogens with one attached hydrogen (secondary N) is 1. The third-order valence-corrected chi connectivity index (χ3v) is 6.58. The maximum Gasteiger partial charge on any atom is 0.351 e. The summed E-state index contributed by atoms with van der Waals surface area (Å²) in [5.41, 5.74) is 0.709. The highest BCUT2D eigenvalue weighted by molar-refractivity contribution is 9.10. The number of nitrogens with zero attached hydrogens (tertiary/aromatic N) is 1. The number of carbonyl (C=O) groups is 3. The first kappa shape index (κ1) is 26.7. The second-order valence-electron chi connectivity index (χ2n) is 7.95. The highest BCUT2D eigenvalue weighted by Crippen LogP contribution is 2.46. The van der Waals surface area contributed by atoms with Gasteiger partial charge in [-0.25, -0.2) is 14.4 Å². The molecule has 0 bridgehead atoms. The van der Waals surface area contributed by atoms with E-state index in [-0.39, 0.29) is 23.3 Å². The Balaban J connectivity index is 2.35. The molecule has 33 heavy (non-hydrogen) atoms. The van der Waals surface area contributed by atoms with Crippen molar-refractivity contribution in [3.05, 3.63) is 33.6 Å². The van der Waals surface area contributed by atoms with E-state index in [1.54, 1.807) is 43.9 Å². The van der Waals surface area contributed by atoms with E-state index >= 15 is 0 Å². The smallest absolute Gasteiger partial charge is 0.351 e. The first-order chi connectivity index (χ1) is 15.5. The monoisotopic (exact) mass is 540 g/mol. The number of ether oxygens (including phenoxy) is 3. The van der Waals surface area contributed by atoms with E-state index in [0.29, 0.717) is 28.1 Å². The average Bonchev–Trinajstić information content (AvgIpc) is 3.07. The van der Waals surface area contributed by atoms with Gasteiger partial charge in [0, 0.05) is 18.8 Å². The molecule has 0 aliphatic carbocycles. The van der Waals surface area contributed by atoms with Gasteiger partial charge in [-0.2, -0.15) is 0 Å². The standard InChI is InChI=1S/C23H29BrN2O6S/c1-7-26(8-2)22(29)25-15-11-9-10-14(12-15)19-17(24)18(20(33-19)21(28)30-6)31-13-16(27)32-23(3,4)5/h9-12H,7-8,13H2,1-6H3,(H,25,29). The minimum absolute atomic E-state index is 0.195. The molecule has 10 heteroatoms. The fraction of sp³-hybridized carbons (Fsp3) is 0.435. The number of methoxy groups -OCH3 is 1. The molecule has 0 spiro atoms. The van der Waals surface area contributed by atoms with E-state index in [2.05, 4.69) is 21.2 Å². The lowest BCUT2D eigenvalue weighted by molar-refractivity contribution is -0.157. The van der Waals surface area contributed by atoms with Crippen LogP contribution in [0.25, 0.3) is 10.4 Å². The van der Waals surface area contributed by atoms with Crippen LogP contribution in [-0.2, 0) is 14.3 Å². The van der Waals surface area contributed by atoms with Crippen LogP contribution in [0.4, 0.5) is 10.5 Å². The van der Waals surface area contributed by atoms with E-state index in [0.717, 1.165) is 16.9 Å². The van der Waals surface area contributed by atoms with Crippen LogP contribution in [-0.4, -0.2) is 55.3 Å². The molecule has 0 aliphatic heterocycles. The molecule has 180 valence electrons. The lowest BCUT2D eigenvalue weighted by Crippen LogP contribution is -2.34. The number of hydrogen-bond donors (Lipinski definition) is 1. The first-order valence-electron chi connectivity index (χ1n) is 10.4. The quantitative estimate of drug-likeness (QED) is 0.440. The zero-order valence-corrected chi connectivity index (χ0v) is 22.0. The highest BCUT2D eigenvalue weighted by atomic mass is 79.9. The molecule has 1 aromatic heterocycles. The Kier molecular flexibility index (Phi) is 9.30. The molecule has 0 unspecified atom stereocenters. The number of benzene rings is 1. The van der Waals surface area contributed by atoms with Crippen molar-refractivity contribution in [1.29, 1.82) is 0 Å². The SMILES string of the molecule is CCN(CC)C(=O)Nc1cccc(-c2sc(C(=O)OC)c(OCC(=O)OC(C)(C)C)c2Br)c1. The lowest BCUT2D eigenvalue weighted by atomic mass is 10.1. The second kappa shape index (κ2) is 11.5. The Labute approximate surface area is 206 Å². The van der Waals surface area contributed by atoms with Crippen LogP contribution in [0, 0.1) is 0 Å². The predicted molar refractivity (Wildman–Crippen MR) is 132 cm³/mol. The fourth-order valence-corrected chi connectivity index (χ4v) is 4.86. The molecule has 0 atom stereocenters. The molecule has 0 saturated heterocycles. The van der Waals surface area contributed by atoms with Crippen LogP contribution in [0.3, 0.4) is 0 Å². The van der Waals surface area contributed by atoms with Gasteiger partial charge >= 0.3 is 18.0 Å². The van der Waals surface area contributed by atoms with Crippen molar-refractivity contribution >= 4 is 50.9 Å². The molecular formula is C23H29BrN2O6S. The maximum atomic E-state index is 12.4. The second-order valence-corrected chi connectivity index (χ2v) is 9.77. The van der Waals surface area contributed by atoms with Crippen molar-refractivity contribution in [2.24, 2.45) is 0 Å². The molecule has 8 nitrogen and oxygen atoms in total. The fourth-order valence-electron chi connectivity index (χ4n) is 2.89. The Morgan fingerprint density at radius 3 is 2.39 bits per heavy atom. The molecule has 0 saturated carbocycles. The van der Waals surface area contributed by atoms with E-state index < -0.39 is 17.5 Å². The molecule has 2 amide bonds. The van der Waals surface area contributed by atoms with Gasteiger partial charge in [0.2, 0.25) is 0 Å². The maximum absolute atomic E-state index is 12.4. The van der Waals surface area contributed by atoms with Crippen LogP contribution in [0.2, 0.25) is 0 Å². The normalized spacial score (nSPS) is 11.0. The van der Waals surface area contributed by atoms with Gasteiger partial charge in [0.05, 0.1) is 16.5 Å². The number of esters is 2. The third-order valence-electron chi connectivity index (χ3n) is 4.36. The number of carbonyl (C=O) groups excluding carboxylic acids is 3. The minimum atomic E-state index is -0.654. The predicted octanol–water partition coefficient (Wildman–Crippen LogP) is 5.56. The lowest BCUT2D eigenvalue weighted by Gasteiger charge is -2.19. The molecule has 0 aliphatic rings. The van der Waals surface area contributed by atoms with Crippen LogP contribution >= 0.6 is 27.3 Å². The largest absolute Gasteiger partial charge is 0.479 e. The Morgan fingerprint density at radius 2 is 1.82 bits per heavy atom. The highest BCUT2D eigenvalue weighted by Gasteiger charge is 2.26. The number of rotatable bonds is 8. The summed E-state index contributed by atoms with van der Waals surface area (Å²) in [5, 5.41) is 2.88. The van der Waals surface area contributed by atoms with Crippen molar-refractivity contribution in [2.75, 3.05) is 32.1 Å². The Morgan fingerprint density at radius 1 is 1.15 bits per heavy atom. The van der Waals surface area contributed by atoms with Gasteiger partial charge in [-0.15, -0.1) is 11.3 Å². The molecule has 0 radical (unpaired) electrons. The zero-order chi connectivity index (χ0) is 24.8. The van der Waals surface area contributed by atoms with Gasteiger partial charge in [-0.1, -0.05) is 12.1 Å². The molecule has 1 N–H and O–H groups in total. The summed E-state index contributed by atoms with van der Waals surface area (Å²) < 4.78 is 16.3. The zero-order valence-electron chi connectivity index (χ0n) is 19.6. The van der Waals surface area contributed by atoms with E-state index in [9.17, 15) is 14.4 Å². The van der Waals surface area contributed by atoms with Crippen LogP contribution < -0.4 is 10.1 Å². The summed E-state index contributed by atoms with van der Waals surface area (Å²) in [5.74, 6) is -0.943. The summed E-state index contributed by atoms with van der Waals surface area (Å²) in [6, 6.07) is 7.05. The minimum Gasteiger partial charge on any atom is -0.479 e. The molecular weight excluding hydrogens is 512 g/mol. The molecule has 1 aromatic carbocycles. The number of thiophene rings is 1. The molecule has 2 aromatic rings. The topological polar surface area (TPSA) is 94.2 Å². The van der Waals surface area contributed by atoms with Crippen molar-refractivity contribution < 1.29 is 28.6 Å². The van der Waals surface area contributed by atoms with Gasteiger partial charge in [-0.05, 0) is 68.2 Å². The van der Waals surface area contributed by atoms with Gasteiger partial charge in [0.25, 0.3) is 0 Å². The van der Waals surface area contributed by atoms with E-state index in [4.69, 9.17) is 14.2 Å². The number of amides is 2. The molecule has 2 rings (SSSR count). The number of halogens is 1. The van der Waals surface area contributed by atoms with Gasteiger partial charge in [0.15, 0.2) is 17.2 Å². The van der Waals surface area contributed by atoms with Crippen LogP contribution in [0.1, 0.15) is 44.3 Å². The van der Waals surface area contributed by atoms with Crippen molar-refractivity contribution in [2.45, 2.75) is 40.2 Å². The van der Waals surface area contributed by atoms with E-state index in [1.165, 1.54) is 7.11 Å². The Hall–Kier alpha value is -2.59. The summed E-state index contributed by atoms with van der Waals surface area (Å²) in [6.45, 7) is 9.93. The first-order valence-corrected chi connectivity index (χ1v) is 12.0. The summed E-state index contributed by atoms with van der Waals surface area (Å²) >= 11 is 4.66. The van der Waals surface area contributed by atoms with Crippen molar-refractivity contribution in [3.63, 3.8) is 0 Å². The van der Waals surface area contributed by atoms with Crippen LogP contribution in [0.5, 0.6) is 5.75 Å². The Bertz CT molecular complexity index is 1010.